The van der Waals surface area contributed by atoms with Crippen LogP contribution in [0.4, 0.5) is 13.2 Å². The average molecular weight is 248 g/mol. The van der Waals surface area contributed by atoms with Crippen molar-refractivity contribution in [2.45, 2.75) is 12.9 Å². The topological polar surface area (TPSA) is 33.3 Å². The minimum atomic E-state index is -4.64. The van der Waals surface area contributed by atoms with E-state index in [0.29, 0.717) is 6.54 Å². The van der Waals surface area contributed by atoms with Gasteiger partial charge in [0.05, 0.1) is 0 Å². The molecule has 0 unspecified atom stereocenters. The molecule has 0 aliphatic carbocycles. The summed E-state index contributed by atoms with van der Waals surface area (Å²) in [6.45, 7) is 2.07. The van der Waals surface area contributed by atoms with Crippen molar-refractivity contribution < 1.29 is 17.9 Å². The first-order chi connectivity index (χ1) is 8.01. The van der Waals surface area contributed by atoms with Crippen LogP contribution in [0.15, 0.2) is 24.3 Å². The summed E-state index contributed by atoms with van der Waals surface area (Å²) in [5.41, 5.74) is 0.753. The lowest BCUT2D eigenvalue weighted by atomic mass is 10.2. The van der Waals surface area contributed by atoms with Gasteiger partial charge >= 0.3 is 6.36 Å². The van der Waals surface area contributed by atoms with Crippen LogP contribution in [0.5, 0.6) is 5.75 Å². The number of ether oxygens (including phenoxy) is 1. The highest BCUT2D eigenvalue weighted by atomic mass is 19.4. The molecule has 0 aliphatic heterocycles. The molecular formula is C11H15F3N2O. The third-order valence-electron chi connectivity index (χ3n) is 2.01. The molecule has 0 saturated heterocycles. The first-order valence-corrected chi connectivity index (χ1v) is 5.21. The Labute approximate surface area is 98.0 Å². The van der Waals surface area contributed by atoms with Gasteiger partial charge in [0, 0.05) is 19.6 Å². The third kappa shape index (κ3) is 6.13. The van der Waals surface area contributed by atoms with E-state index in [0.717, 1.165) is 18.7 Å². The fourth-order valence-electron chi connectivity index (χ4n) is 1.30. The van der Waals surface area contributed by atoms with Gasteiger partial charge < -0.3 is 15.4 Å². The number of likely N-dealkylation sites (N-methyl/N-ethyl adjacent to an activating group) is 1. The van der Waals surface area contributed by atoms with Crippen LogP contribution >= 0.6 is 0 Å². The van der Waals surface area contributed by atoms with Crippen LogP contribution < -0.4 is 15.4 Å². The van der Waals surface area contributed by atoms with Gasteiger partial charge in [-0.2, -0.15) is 0 Å². The first-order valence-electron chi connectivity index (χ1n) is 5.21. The summed E-state index contributed by atoms with van der Waals surface area (Å²) >= 11 is 0. The van der Waals surface area contributed by atoms with Gasteiger partial charge in [-0.3, -0.25) is 0 Å². The van der Waals surface area contributed by atoms with Gasteiger partial charge in [0.25, 0.3) is 0 Å². The van der Waals surface area contributed by atoms with Crippen molar-refractivity contribution in [3.63, 3.8) is 0 Å². The molecular weight excluding hydrogens is 233 g/mol. The Morgan fingerprint density at radius 3 is 2.65 bits per heavy atom. The highest BCUT2D eigenvalue weighted by molar-refractivity contribution is 5.28. The zero-order chi connectivity index (χ0) is 12.7. The van der Waals surface area contributed by atoms with Crippen LogP contribution in [0, 0.1) is 0 Å². The van der Waals surface area contributed by atoms with Crippen molar-refractivity contribution in [1.82, 2.24) is 10.6 Å². The molecule has 0 fully saturated rings. The molecule has 17 heavy (non-hydrogen) atoms. The third-order valence-corrected chi connectivity index (χ3v) is 2.01. The Bertz CT molecular complexity index is 342. The van der Waals surface area contributed by atoms with Crippen LogP contribution in [0.2, 0.25) is 0 Å². The molecule has 3 nitrogen and oxygen atoms in total. The summed E-state index contributed by atoms with van der Waals surface area (Å²) in [6.07, 6.45) is -4.64. The smallest absolute Gasteiger partial charge is 0.406 e. The van der Waals surface area contributed by atoms with E-state index < -0.39 is 6.36 Å². The van der Waals surface area contributed by atoms with Crippen LogP contribution in [0.1, 0.15) is 5.56 Å². The molecule has 0 spiro atoms. The van der Waals surface area contributed by atoms with Gasteiger partial charge in [0.1, 0.15) is 5.75 Å². The second-order valence-corrected chi connectivity index (χ2v) is 3.48. The van der Waals surface area contributed by atoms with Crippen molar-refractivity contribution in [2.75, 3.05) is 20.1 Å². The minimum absolute atomic E-state index is 0.189. The Kier molecular flexibility index (Phi) is 5.24. The largest absolute Gasteiger partial charge is 0.573 e. The lowest BCUT2D eigenvalue weighted by molar-refractivity contribution is -0.274. The normalized spacial score (nSPS) is 11.5. The van der Waals surface area contributed by atoms with Crippen molar-refractivity contribution in [2.24, 2.45) is 0 Å². The van der Waals surface area contributed by atoms with E-state index in [1.807, 2.05) is 7.05 Å². The second kappa shape index (κ2) is 6.46. The monoisotopic (exact) mass is 248 g/mol. The van der Waals surface area contributed by atoms with Gasteiger partial charge in [-0.25, -0.2) is 0 Å². The Hall–Kier alpha value is -1.27. The number of alkyl halides is 3. The number of rotatable bonds is 6. The summed E-state index contributed by atoms with van der Waals surface area (Å²) in [6, 6.07) is 5.94. The second-order valence-electron chi connectivity index (χ2n) is 3.48. The molecule has 96 valence electrons. The SMILES string of the molecule is CNCCNCc1cccc(OC(F)(F)F)c1. The van der Waals surface area contributed by atoms with Crippen molar-refractivity contribution >= 4 is 0 Å². The van der Waals surface area contributed by atoms with Gasteiger partial charge in [-0.15, -0.1) is 13.2 Å². The quantitative estimate of drug-likeness (QED) is 0.754. The standard InChI is InChI=1S/C11H15F3N2O/c1-15-5-6-16-8-9-3-2-4-10(7-9)17-11(12,13)14/h2-4,7,15-16H,5-6,8H2,1H3. The van der Waals surface area contributed by atoms with E-state index in [1.54, 1.807) is 6.07 Å². The molecule has 1 aromatic rings. The number of benzene rings is 1. The average Bonchev–Trinajstić information content (AvgIpc) is 2.23. The van der Waals surface area contributed by atoms with Gasteiger partial charge in [-0.1, -0.05) is 12.1 Å². The van der Waals surface area contributed by atoms with E-state index in [-0.39, 0.29) is 5.75 Å². The molecule has 0 atom stereocenters. The van der Waals surface area contributed by atoms with E-state index in [9.17, 15) is 13.2 Å². The molecule has 0 bridgehead atoms. The summed E-state index contributed by atoms with van der Waals surface area (Å²) in [5.74, 6) is -0.189. The molecule has 2 N–H and O–H groups in total. The van der Waals surface area contributed by atoms with E-state index in [4.69, 9.17) is 0 Å². The lowest BCUT2D eigenvalue weighted by Gasteiger charge is -2.10. The number of halogens is 3. The predicted molar refractivity (Wildman–Crippen MR) is 58.8 cm³/mol. The zero-order valence-corrected chi connectivity index (χ0v) is 9.47. The highest BCUT2D eigenvalue weighted by Crippen LogP contribution is 2.23. The number of hydrogen-bond donors (Lipinski definition) is 2. The Morgan fingerprint density at radius 2 is 2.00 bits per heavy atom. The summed E-state index contributed by atoms with van der Waals surface area (Å²) in [4.78, 5) is 0. The lowest BCUT2D eigenvalue weighted by Crippen LogP contribution is -2.24. The first kappa shape index (κ1) is 13.8. The van der Waals surface area contributed by atoms with Gasteiger partial charge in [0.2, 0.25) is 0 Å². The predicted octanol–water partition coefficient (Wildman–Crippen LogP) is 1.89. The maximum absolute atomic E-state index is 12.0. The highest BCUT2D eigenvalue weighted by Gasteiger charge is 2.30. The fraction of sp³-hybridized carbons (Fsp3) is 0.455. The molecule has 1 rings (SSSR count). The van der Waals surface area contributed by atoms with Crippen LogP contribution in [-0.4, -0.2) is 26.5 Å². The summed E-state index contributed by atoms with van der Waals surface area (Å²) in [5, 5.41) is 6.05. The molecule has 0 aliphatic rings. The molecule has 0 aromatic heterocycles. The van der Waals surface area contributed by atoms with Crippen molar-refractivity contribution in [3.05, 3.63) is 29.8 Å². The van der Waals surface area contributed by atoms with Crippen molar-refractivity contribution in [3.8, 4) is 5.75 Å². The van der Waals surface area contributed by atoms with Crippen LogP contribution in [0.3, 0.4) is 0 Å². The Morgan fingerprint density at radius 1 is 1.24 bits per heavy atom. The summed E-state index contributed by atoms with van der Waals surface area (Å²) < 4.78 is 39.8. The fourth-order valence-corrected chi connectivity index (χ4v) is 1.30. The summed E-state index contributed by atoms with van der Waals surface area (Å²) in [7, 11) is 1.83. The van der Waals surface area contributed by atoms with Crippen LogP contribution in [0.25, 0.3) is 0 Å². The number of hydrogen-bond acceptors (Lipinski definition) is 3. The minimum Gasteiger partial charge on any atom is -0.406 e. The molecule has 0 radical (unpaired) electrons. The maximum Gasteiger partial charge on any atom is 0.573 e. The molecule has 6 heteroatoms. The molecule has 1 aromatic carbocycles. The molecule has 0 heterocycles. The maximum atomic E-state index is 12.0. The van der Waals surface area contributed by atoms with E-state index in [2.05, 4.69) is 15.4 Å². The van der Waals surface area contributed by atoms with E-state index >= 15 is 0 Å². The van der Waals surface area contributed by atoms with Gasteiger partial charge in [0.15, 0.2) is 0 Å². The zero-order valence-electron chi connectivity index (χ0n) is 9.47. The van der Waals surface area contributed by atoms with E-state index in [1.165, 1.54) is 18.2 Å². The number of nitrogens with one attached hydrogen (secondary N) is 2. The van der Waals surface area contributed by atoms with Crippen LogP contribution in [-0.2, 0) is 6.54 Å². The van der Waals surface area contributed by atoms with Gasteiger partial charge in [-0.05, 0) is 24.7 Å². The molecule has 0 saturated carbocycles. The molecule has 0 amide bonds. The van der Waals surface area contributed by atoms with Crippen molar-refractivity contribution in [1.29, 1.82) is 0 Å². The Balaban J connectivity index is 2.48.